The molecule has 29 heavy (non-hydrogen) atoms. The van der Waals surface area contributed by atoms with Crippen LogP contribution in [0.25, 0.3) is 0 Å². The van der Waals surface area contributed by atoms with Gasteiger partial charge in [-0.1, -0.05) is 0 Å². The number of nitrogens with one attached hydrogen (secondary N) is 2. The molecule has 0 fully saturated rings. The predicted octanol–water partition coefficient (Wildman–Crippen LogP) is 3.88. The van der Waals surface area contributed by atoms with Gasteiger partial charge in [-0.05, 0) is 43.7 Å². The van der Waals surface area contributed by atoms with Crippen molar-refractivity contribution < 1.29 is 35.9 Å². The highest BCUT2D eigenvalue weighted by atomic mass is 19.4. The molecule has 1 aromatic heterocycles. The molecule has 2 amide bonds. The first-order chi connectivity index (χ1) is 13.2. The Labute approximate surface area is 161 Å². The van der Waals surface area contributed by atoms with E-state index in [1.807, 2.05) is 0 Å². The third-order valence-corrected chi connectivity index (χ3v) is 4.15. The summed E-state index contributed by atoms with van der Waals surface area (Å²) < 4.78 is 81.1. The highest BCUT2D eigenvalue weighted by Crippen LogP contribution is 2.33. The fourth-order valence-electron chi connectivity index (χ4n) is 2.50. The molecule has 0 spiro atoms. The van der Waals surface area contributed by atoms with Crippen molar-refractivity contribution in [3.8, 4) is 0 Å². The van der Waals surface area contributed by atoms with Gasteiger partial charge in [-0.2, -0.15) is 22.0 Å². The fourth-order valence-corrected chi connectivity index (χ4v) is 2.50. The van der Waals surface area contributed by atoms with E-state index in [9.17, 15) is 35.9 Å². The third-order valence-electron chi connectivity index (χ3n) is 4.15. The van der Waals surface area contributed by atoms with Gasteiger partial charge < -0.3 is 15.2 Å². The largest absolute Gasteiger partial charge is 0.408 e. The Morgan fingerprint density at radius 1 is 1.10 bits per heavy atom. The van der Waals surface area contributed by atoms with Crippen LogP contribution < -0.4 is 10.6 Å². The summed E-state index contributed by atoms with van der Waals surface area (Å²) in [6, 6.07) is 2.03. The van der Waals surface area contributed by atoms with Crippen molar-refractivity contribution in [3.63, 3.8) is 0 Å². The van der Waals surface area contributed by atoms with E-state index in [0.29, 0.717) is 6.92 Å². The van der Waals surface area contributed by atoms with E-state index in [-0.39, 0.29) is 11.3 Å². The van der Waals surface area contributed by atoms with Crippen molar-refractivity contribution in [1.82, 2.24) is 9.88 Å². The fraction of sp³-hybridized carbons (Fsp3) is 0.333. The van der Waals surface area contributed by atoms with Crippen molar-refractivity contribution in [2.75, 3.05) is 5.32 Å². The number of nitrogens with zero attached hydrogens (tertiary/aromatic N) is 1. The maximum absolute atomic E-state index is 14.6. The molecule has 11 heteroatoms. The Kier molecular flexibility index (Phi) is 6.00. The molecule has 0 saturated heterocycles. The Balaban J connectivity index is 2.32. The molecule has 2 aromatic rings. The Bertz CT molecular complexity index is 936. The molecule has 2 rings (SSSR count). The topological polar surface area (TPSA) is 63.1 Å². The molecule has 0 radical (unpaired) electrons. The lowest BCUT2D eigenvalue weighted by Gasteiger charge is -2.23. The monoisotopic (exact) mass is 421 g/mol. The molecule has 0 aliphatic heterocycles. The molecule has 0 aliphatic carbocycles. The summed E-state index contributed by atoms with van der Waals surface area (Å²) in [6.45, 7) is 1.95. The number of aromatic nitrogens is 1. The summed E-state index contributed by atoms with van der Waals surface area (Å²) >= 11 is 0. The molecule has 5 nitrogen and oxygen atoms in total. The van der Waals surface area contributed by atoms with E-state index in [1.54, 1.807) is 0 Å². The second-order valence-corrected chi connectivity index (χ2v) is 6.42. The number of benzene rings is 1. The third kappa shape index (κ3) is 4.72. The van der Waals surface area contributed by atoms with Crippen molar-refractivity contribution in [2.24, 2.45) is 7.05 Å². The van der Waals surface area contributed by atoms with Crippen LogP contribution in [0.5, 0.6) is 0 Å². The van der Waals surface area contributed by atoms with Crippen LogP contribution in [0.3, 0.4) is 0 Å². The van der Waals surface area contributed by atoms with Crippen LogP contribution in [-0.2, 0) is 17.8 Å². The second kappa shape index (κ2) is 7.80. The van der Waals surface area contributed by atoms with Gasteiger partial charge in [0.2, 0.25) is 0 Å². The van der Waals surface area contributed by atoms with Gasteiger partial charge in [0.1, 0.15) is 17.6 Å². The normalized spacial score (nSPS) is 13.1. The number of hydrogen-bond donors (Lipinski definition) is 2. The predicted molar refractivity (Wildman–Crippen MR) is 92.1 cm³/mol. The first-order valence-electron chi connectivity index (χ1n) is 8.24. The van der Waals surface area contributed by atoms with E-state index in [2.05, 4.69) is 5.32 Å². The minimum atomic E-state index is -4.92. The Hall–Kier alpha value is -2.98. The van der Waals surface area contributed by atoms with Crippen LogP contribution >= 0.6 is 0 Å². The van der Waals surface area contributed by atoms with E-state index < -0.39 is 47.0 Å². The molecule has 1 aromatic carbocycles. The summed E-state index contributed by atoms with van der Waals surface area (Å²) in [6.07, 6.45) is -3.85. The molecule has 0 aliphatic rings. The second-order valence-electron chi connectivity index (χ2n) is 6.42. The first kappa shape index (κ1) is 22.3. The van der Waals surface area contributed by atoms with Gasteiger partial charge in [-0.25, -0.2) is 4.39 Å². The maximum atomic E-state index is 14.6. The smallest absolute Gasteiger partial charge is 0.348 e. The molecule has 0 bridgehead atoms. The van der Waals surface area contributed by atoms with Gasteiger partial charge in [0.25, 0.3) is 11.8 Å². The van der Waals surface area contributed by atoms with Crippen molar-refractivity contribution >= 4 is 17.5 Å². The number of carbonyl (C=O) groups excluding carboxylic acids is 2. The van der Waals surface area contributed by atoms with Crippen LogP contribution in [0.2, 0.25) is 0 Å². The molecule has 0 saturated carbocycles. The molecule has 1 unspecified atom stereocenters. The highest BCUT2D eigenvalue weighted by molar-refractivity contribution is 6.06. The van der Waals surface area contributed by atoms with E-state index in [4.69, 9.17) is 0 Å². The van der Waals surface area contributed by atoms with Gasteiger partial charge in [0.15, 0.2) is 0 Å². The lowest BCUT2D eigenvalue weighted by Crippen LogP contribution is -2.49. The molecular weight excluding hydrogens is 404 g/mol. The van der Waals surface area contributed by atoms with Gasteiger partial charge in [-0.15, -0.1) is 0 Å². The van der Waals surface area contributed by atoms with Crippen LogP contribution in [-0.4, -0.2) is 28.6 Å². The zero-order valence-electron chi connectivity index (χ0n) is 15.5. The zero-order valence-corrected chi connectivity index (χ0v) is 15.5. The molecule has 158 valence electrons. The number of halogens is 6. The summed E-state index contributed by atoms with van der Waals surface area (Å²) in [7, 11) is 1.11. The number of rotatable bonds is 5. The first-order valence-corrected chi connectivity index (χ1v) is 8.24. The van der Waals surface area contributed by atoms with Crippen LogP contribution in [0.15, 0.2) is 30.5 Å². The van der Waals surface area contributed by atoms with Crippen molar-refractivity contribution in [1.29, 1.82) is 0 Å². The van der Waals surface area contributed by atoms with E-state index in [1.165, 1.54) is 24.4 Å². The van der Waals surface area contributed by atoms with Crippen molar-refractivity contribution in [3.05, 3.63) is 53.1 Å². The summed E-state index contributed by atoms with van der Waals surface area (Å²) in [5.41, 5.74) is -1.39. The SMILES string of the molecule is Cc1cc(NC(=O)c2ccn(C)c2C(F)(F)C(=O)NC(C)C(F)(F)F)ccc1F. The van der Waals surface area contributed by atoms with E-state index in [0.717, 1.165) is 29.9 Å². The summed E-state index contributed by atoms with van der Waals surface area (Å²) in [4.78, 5) is 24.3. The van der Waals surface area contributed by atoms with Gasteiger partial charge in [0, 0.05) is 18.9 Å². The molecular formula is C18H17F6N3O2. The number of aryl methyl sites for hydroxylation is 2. The zero-order chi connectivity index (χ0) is 22.1. The molecule has 1 atom stereocenters. The minimum Gasteiger partial charge on any atom is -0.348 e. The number of amides is 2. The lowest BCUT2D eigenvalue weighted by molar-refractivity contribution is -0.169. The van der Waals surface area contributed by atoms with Gasteiger partial charge in [0.05, 0.1) is 5.56 Å². The number of hydrogen-bond acceptors (Lipinski definition) is 2. The Morgan fingerprint density at radius 3 is 2.28 bits per heavy atom. The molecule has 1 heterocycles. The average molecular weight is 421 g/mol. The number of carbonyl (C=O) groups is 2. The quantitative estimate of drug-likeness (QED) is 0.720. The summed E-state index contributed by atoms with van der Waals surface area (Å²) in [5, 5.41) is 3.50. The van der Waals surface area contributed by atoms with Gasteiger partial charge in [-0.3, -0.25) is 9.59 Å². The lowest BCUT2D eigenvalue weighted by atomic mass is 10.1. The highest BCUT2D eigenvalue weighted by Gasteiger charge is 2.49. The van der Waals surface area contributed by atoms with Gasteiger partial charge >= 0.3 is 12.1 Å². The minimum absolute atomic E-state index is 0.113. The number of anilines is 1. The summed E-state index contributed by atoms with van der Waals surface area (Å²) in [5.74, 6) is -8.20. The maximum Gasteiger partial charge on any atom is 0.408 e. The molecule has 2 N–H and O–H groups in total. The van der Waals surface area contributed by atoms with Crippen LogP contribution in [0.4, 0.5) is 32.0 Å². The van der Waals surface area contributed by atoms with E-state index >= 15 is 0 Å². The van der Waals surface area contributed by atoms with Crippen LogP contribution in [0.1, 0.15) is 28.5 Å². The number of alkyl halides is 5. The average Bonchev–Trinajstić information content (AvgIpc) is 2.99. The van der Waals surface area contributed by atoms with Crippen LogP contribution in [0, 0.1) is 12.7 Å². The Morgan fingerprint density at radius 2 is 1.72 bits per heavy atom. The standard InChI is InChI=1S/C18H17F6N3O2/c1-9-8-11(4-5-13(9)19)26-15(28)12-6-7-27(3)14(12)17(20,21)16(29)25-10(2)18(22,23)24/h4-8,10H,1-3H3,(H,25,29)(H,26,28). The van der Waals surface area contributed by atoms with Crippen molar-refractivity contribution in [2.45, 2.75) is 32.0 Å².